The zero-order valence-corrected chi connectivity index (χ0v) is 11.1. The highest BCUT2D eigenvalue weighted by Gasteiger charge is 2.13. The van der Waals surface area contributed by atoms with Gasteiger partial charge < -0.3 is 5.73 Å². The van der Waals surface area contributed by atoms with Crippen LogP contribution in [0.15, 0.2) is 58.5 Å². The molecule has 100 valence electrons. The molecule has 2 N–H and O–H groups in total. The molecule has 2 aromatic carbocycles. The van der Waals surface area contributed by atoms with Crippen LogP contribution in [0.5, 0.6) is 0 Å². The topological polar surface area (TPSA) is 38.9 Å². The third-order valence-electron chi connectivity index (χ3n) is 2.85. The second-order valence-electron chi connectivity index (χ2n) is 4.24. The van der Waals surface area contributed by atoms with Crippen LogP contribution in [0.3, 0.4) is 0 Å². The maximum absolute atomic E-state index is 14.1. The molecule has 5 heteroatoms. The Bertz CT molecular complexity index is 790. The second-order valence-corrected chi connectivity index (χ2v) is 5.32. The van der Waals surface area contributed by atoms with Crippen molar-refractivity contribution < 1.29 is 8.78 Å². The highest BCUT2D eigenvalue weighted by atomic mass is 32.2. The Kier molecular flexibility index (Phi) is 3.28. The summed E-state index contributed by atoms with van der Waals surface area (Å²) < 4.78 is 27.3. The lowest BCUT2D eigenvalue weighted by molar-refractivity contribution is 0.605. The number of nitrogens with two attached hydrogens (primary N) is 1. The average Bonchev–Trinajstić information content (AvgIpc) is 2.43. The molecule has 0 saturated heterocycles. The molecule has 0 spiro atoms. The van der Waals surface area contributed by atoms with E-state index in [1.807, 2.05) is 0 Å². The molecule has 3 aromatic rings. The number of halogens is 2. The molecule has 0 atom stereocenters. The minimum absolute atomic E-state index is 0.342. The molecule has 3 rings (SSSR count). The van der Waals surface area contributed by atoms with Crippen molar-refractivity contribution in [1.29, 1.82) is 0 Å². The summed E-state index contributed by atoms with van der Waals surface area (Å²) in [6.45, 7) is 0. The van der Waals surface area contributed by atoms with E-state index in [0.717, 1.165) is 11.8 Å². The summed E-state index contributed by atoms with van der Waals surface area (Å²) in [5.41, 5.74) is 6.62. The Balaban J connectivity index is 2.16. The van der Waals surface area contributed by atoms with Gasteiger partial charge in [0.25, 0.3) is 0 Å². The lowest BCUT2D eigenvalue weighted by Crippen LogP contribution is -1.94. The van der Waals surface area contributed by atoms with Crippen LogP contribution in [0, 0.1) is 11.6 Å². The maximum Gasteiger partial charge on any atom is 0.141 e. The van der Waals surface area contributed by atoms with Crippen molar-refractivity contribution in [2.75, 3.05) is 5.73 Å². The normalized spacial score (nSPS) is 10.9. The number of fused-ring (bicyclic) bond motifs is 1. The van der Waals surface area contributed by atoms with Crippen LogP contribution >= 0.6 is 11.8 Å². The fourth-order valence-electron chi connectivity index (χ4n) is 1.96. The minimum atomic E-state index is -0.456. The Labute approximate surface area is 118 Å². The first-order valence-electron chi connectivity index (χ1n) is 5.91. The first-order valence-corrected chi connectivity index (χ1v) is 6.73. The van der Waals surface area contributed by atoms with E-state index in [-0.39, 0.29) is 5.82 Å². The third-order valence-corrected chi connectivity index (χ3v) is 3.93. The highest BCUT2D eigenvalue weighted by Crippen LogP contribution is 2.37. The Hall–Kier alpha value is -2.14. The lowest BCUT2D eigenvalue weighted by Gasteiger charge is -2.09. The van der Waals surface area contributed by atoms with Gasteiger partial charge in [-0.25, -0.2) is 8.78 Å². The zero-order chi connectivity index (χ0) is 14.1. The molecule has 0 saturated carbocycles. The average molecular weight is 288 g/mol. The summed E-state index contributed by atoms with van der Waals surface area (Å²) in [7, 11) is 0. The van der Waals surface area contributed by atoms with Crippen LogP contribution in [0.4, 0.5) is 14.5 Å². The zero-order valence-electron chi connectivity index (χ0n) is 10.3. The van der Waals surface area contributed by atoms with Crippen molar-refractivity contribution in [2.24, 2.45) is 0 Å². The fraction of sp³-hybridized carbons (Fsp3) is 0. The van der Waals surface area contributed by atoms with Crippen molar-refractivity contribution >= 4 is 28.4 Å². The summed E-state index contributed by atoms with van der Waals surface area (Å²) in [6.07, 6.45) is 1.58. The molecule has 0 radical (unpaired) electrons. The number of hydrogen-bond acceptors (Lipinski definition) is 3. The molecular weight excluding hydrogens is 278 g/mol. The van der Waals surface area contributed by atoms with Gasteiger partial charge in [-0.15, -0.1) is 0 Å². The van der Waals surface area contributed by atoms with Crippen LogP contribution in [-0.2, 0) is 0 Å². The molecule has 0 bridgehead atoms. The Morgan fingerprint density at radius 1 is 1.05 bits per heavy atom. The summed E-state index contributed by atoms with van der Waals surface area (Å²) in [5, 5.41) is 0.688. The van der Waals surface area contributed by atoms with Crippen molar-refractivity contribution in [3.63, 3.8) is 0 Å². The fourth-order valence-corrected chi connectivity index (χ4v) is 2.93. The summed E-state index contributed by atoms with van der Waals surface area (Å²) in [4.78, 5) is 5.15. The number of nitrogens with zero attached hydrogens (tertiary/aromatic N) is 1. The van der Waals surface area contributed by atoms with Crippen LogP contribution in [-0.4, -0.2) is 4.98 Å². The SMILES string of the molecule is Nc1cc(F)c(Sc2cccc(F)c2)c2ncccc12. The third kappa shape index (κ3) is 2.32. The van der Waals surface area contributed by atoms with E-state index >= 15 is 0 Å². The van der Waals surface area contributed by atoms with E-state index in [9.17, 15) is 8.78 Å². The quantitative estimate of drug-likeness (QED) is 0.717. The van der Waals surface area contributed by atoms with Gasteiger partial charge in [0.15, 0.2) is 0 Å². The second kappa shape index (κ2) is 5.09. The van der Waals surface area contributed by atoms with E-state index in [1.54, 1.807) is 30.5 Å². The summed E-state index contributed by atoms with van der Waals surface area (Å²) >= 11 is 1.13. The number of pyridine rings is 1. The summed E-state index contributed by atoms with van der Waals surface area (Å²) in [6, 6.07) is 10.8. The van der Waals surface area contributed by atoms with Crippen LogP contribution in [0.2, 0.25) is 0 Å². The molecule has 0 amide bonds. The summed E-state index contributed by atoms with van der Waals surface area (Å²) in [5.74, 6) is -0.814. The maximum atomic E-state index is 14.1. The first kappa shape index (κ1) is 12.9. The van der Waals surface area contributed by atoms with Gasteiger partial charge in [-0.3, -0.25) is 4.98 Å². The Morgan fingerprint density at radius 3 is 2.70 bits per heavy atom. The van der Waals surface area contributed by atoms with Gasteiger partial charge in [-0.2, -0.15) is 0 Å². The van der Waals surface area contributed by atoms with E-state index in [0.29, 0.717) is 26.4 Å². The predicted octanol–water partition coefficient (Wildman–Crippen LogP) is 4.25. The minimum Gasteiger partial charge on any atom is -0.398 e. The van der Waals surface area contributed by atoms with Crippen molar-refractivity contribution in [3.05, 3.63) is 60.3 Å². The van der Waals surface area contributed by atoms with Gasteiger partial charge in [0, 0.05) is 22.2 Å². The number of aromatic nitrogens is 1. The molecule has 20 heavy (non-hydrogen) atoms. The van der Waals surface area contributed by atoms with Crippen LogP contribution in [0.1, 0.15) is 0 Å². The molecule has 0 aliphatic heterocycles. The molecule has 0 aliphatic carbocycles. The smallest absolute Gasteiger partial charge is 0.141 e. The molecular formula is C15H10F2N2S. The molecule has 0 fully saturated rings. The van der Waals surface area contributed by atoms with Crippen LogP contribution < -0.4 is 5.73 Å². The molecule has 1 heterocycles. The van der Waals surface area contributed by atoms with E-state index in [2.05, 4.69) is 4.98 Å². The largest absolute Gasteiger partial charge is 0.398 e. The number of benzene rings is 2. The van der Waals surface area contributed by atoms with Gasteiger partial charge in [-0.1, -0.05) is 17.8 Å². The number of hydrogen-bond donors (Lipinski definition) is 1. The van der Waals surface area contributed by atoms with Gasteiger partial charge in [0.05, 0.1) is 10.4 Å². The lowest BCUT2D eigenvalue weighted by atomic mass is 10.2. The van der Waals surface area contributed by atoms with E-state index < -0.39 is 5.82 Å². The number of rotatable bonds is 2. The molecule has 0 unspecified atom stereocenters. The highest BCUT2D eigenvalue weighted by molar-refractivity contribution is 7.99. The number of anilines is 1. The predicted molar refractivity (Wildman–Crippen MR) is 76.6 cm³/mol. The first-order chi connectivity index (χ1) is 9.65. The molecule has 0 aliphatic rings. The van der Waals surface area contributed by atoms with Gasteiger partial charge in [0.1, 0.15) is 11.6 Å². The molecule has 1 aromatic heterocycles. The van der Waals surface area contributed by atoms with Crippen molar-refractivity contribution in [1.82, 2.24) is 4.98 Å². The molecule has 2 nitrogen and oxygen atoms in total. The number of nitrogen functional groups attached to an aromatic ring is 1. The Morgan fingerprint density at radius 2 is 1.90 bits per heavy atom. The monoisotopic (exact) mass is 288 g/mol. The van der Waals surface area contributed by atoms with Crippen LogP contribution in [0.25, 0.3) is 10.9 Å². The van der Waals surface area contributed by atoms with Gasteiger partial charge in [0.2, 0.25) is 0 Å². The van der Waals surface area contributed by atoms with E-state index in [1.165, 1.54) is 18.2 Å². The van der Waals surface area contributed by atoms with E-state index in [4.69, 9.17) is 5.73 Å². The van der Waals surface area contributed by atoms with Crippen molar-refractivity contribution in [2.45, 2.75) is 9.79 Å². The van der Waals surface area contributed by atoms with Crippen molar-refractivity contribution in [3.8, 4) is 0 Å². The van der Waals surface area contributed by atoms with Gasteiger partial charge >= 0.3 is 0 Å². The standard InChI is InChI=1S/C15H10F2N2S/c16-9-3-1-4-10(7-9)20-15-12(17)8-13(18)11-5-2-6-19-14(11)15/h1-8H,18H2. The van der Waals surface area contributed by atoms with Gasteiger partial charge in [-0.05, 0) is 36.4 Å².